The standard InChI is InChI=1S/C16H18N2O2S/c1-11-9-17-13-7-15-16(20-5-4-19-15)8-14(13)18(11)10-12-3-2-6-21-12/h2-3,6-8,11,17H,4-5,9-10H2,1H3. The SMILES string of the molecule is CC1CNc2cc3c(cc2N1Cc1cccs1)OCCO3. The van der Waals surface area contributed by atoms with Crippen molar-refractivity contribution in [1.82, 2.24) is 0 Å². The summed E-state index contributed by atoms with van der Waals surface area (Å²) in [4.78, 5) is 3.82. The van der Waals surface area contributed by atoms with Gasteiger partial charge in [-0.2, -0.15) is 0 Å². The lowest BCUT2D eigenvalue weighted by molar-refractivity contribution is 0.171. The second-order valence-corrected chi connectivity index (χ2v) is 6.48. The van der Waals surface area contributed by atoms with Crippen LogP contribution < -0.4 is 19.7 Å². The molecule has 5 heteroatoms. The van der Waals surface area contributed by atoms with E-state index < -0.39 is 0 Å². The predicted molar refractivity (Wildman–Crippen MR) is 85.9 cm³/mol. The Labute approximate surface area is 128 Å². The third-order valence-corrected chi connectivity index (χ3v) is 4.86. The molecular formula is C16H18N2O2S. The minimum atomic E-state index is 0.446. The molecule has 1 atom stereocenters. The lowest BCUT2D eigenvalue weighted by atomic mass is 10.1. The van der Waals surface area contributed by atoms with E-state index in [9.17, 15) is 0 Å². The monoisotopic (exact) mass is 302 g/mol. The highest BCUT2D eigenvalue weighted by molar-refractivity contribution is 7.09. The van der Waals surface area contributed by atoms with Crippen molar-refractivity contribution in [3.63, 3.8) is 0 Å². The van der Waals surface area contributed by atoms with Crippen molar-refractivity contribution in [2.45, 2.75) is 19.5 Å². The number of thiophene rings is 1. The van der Waals surface area contributed by atoms with Crippen LogP contribution in [0.15, 0.2) is 29.6 Å². The summed E-state index contributed by atoms with van der Waals surface area (Å²) >= 11 is 1.80. The van der Waals surface area contributed by atoms with E-state index >= 15 is 0 Å². The van der Waals surface area contributed by atoms with Crippen molar-refractivity contribution in [2.24, 2.45) is 0 Å². The van der Waals surface area contributed by atoms with Crippen LogP contribution in [0.4, 0.5) is 11.4 Å². The first-order valence-electron chi connectivity index (χ1n) is 7.28. The van der Waals surface area contributed by atoms with Crippen LogP contribution in [0.25, 0.3) is 0 Å². The van der Waals surface area contributed by atoms with Crippen LogP contribution in [0, 0.1) is 0 Å². The zero-order valence-electron chi connectivity index (χ0n) is 12.0. The number of rotatable bonds is 2. The fraction of sp³-hybridized carbons (Fsp3) is 0.375. The first kappa shape index (κ1) is 12.8. The summed E-state index contributed by atoms with van der Waals surface area (Å²) in [6, 6.07) is 8.92. The number of benzene rings is 1. The van der Waals surface area contributed by atoms with E-state index in [1.807, 2.05) is 0 Å². The van der Waals surface area contributed by atoms with Gasteiger partial charge in [0.2, 0.25) is 0 Å². The molecule has 21 heavy (non-hydrogen) atoms. The molecule has 1 aromatic heterocycles. The van der Waals surface area contributed by atoms with Gasteiger partial charge in [0.15, 0.2) is 11.5 Å². The van der Waals surface area contributed by atoms with E-state index in [2.05, 4.69) is 46.8 Å². The number of anilines is 2. The Hall–Kier alpha value is -1.88. The molecule has 3 heterocycles. The van der Waals surface area contributed by atoms with Gasteiger partial charge in [0, 0.05) is 29.6 Å². The molecule has 0 spiro atoms. The minimum absolute atomic E-state index is 0.446. The number of ether oxygens (including phenoxy) is 2. The van der Waals surface area contributed by atoms with Gasteiger partial charge in [-0.15, -0.1) is 11.3 Å². The molecule has 0 saturated carbocycles. The van der Waals surface area contributed by atoms with E-state index in [4.69, 9.17) is 9.47 Å². The van der Waals surface area contributed by atoms with Gasteiger partial charge in [0.25, 0.3) is 0 Å². The molecular weight excluding hydrogens is 284 g/mol. The predicted octanol–water partition coefficient (Wildman–Crippen LogP) is 3.34. The quantitative estimate of drug-likeness (QED) is 0.922. The van der Waals surface area contributed by atoms with E-state index in [0.29, 0.717) is 19.3 Å². The number of hydrogen-bond acceptors (Lipinski definition) is 5. The summed E-state index contributed by atoms with van der Waals surface area (Å²) in [6.07, 6.45) is 0. The van der Waals surface area contributed by atoms with Crippen LogP contribution in [-0.2, 0) is 6.54 Å². The number of nitrogens with zero attached hydrogens (tertiary/aromatic N) is 1. The third kappa shape index (κ3) is 2.31. The Morgan fingerprint density at radius 1 is 1.29 bits per heavy atom. The van der Waals surface area contributed by atoms with Crippen LogP contribution in [0.2, 0.25) is 0 Å². The fourth-order valence-corrected chi connectivity index (χ4v) is 3.58. The fourth-order valence-electron chi connectivity index (χ4n) is 2.87. The zero-order valence-corrected chi connectivity index (χ0v) is 12.8. The molecule has 0 fully saturated rings. The van der Waals surface area contributed by atoms with Gasteiger partial charge < -0.3 is 19.7 Å². The van der Waals surface area contributed by atoms with Gasteiger partial charge in [-0.25, -0.2) is 0 Å². The highest BCUT2D eigenvalue weighted by Gasteiger charge is 2.26. The minimum Gasteiger partial charge on any atom is -0.486 e. The van der Waals surface area contributed by atoms with Crippen molar-refractivity contribution >= 4 is 22.7 Å². The Morgan fingerprint density at radius 3 is 2.86 bits per heavy atom. The summed E-state index contributed by atoms with van der Waals surface area (Å²) < 4.78 is 11.4. The average Bonchev–Trinajstić information content (AvgIpc) is 3.02. The molecule has 2 aromatic rings. The number of fused-ring (bicyclic) bond motifs is 2. The Bertz CT molecular complexity index is 642. The van der Waals surface area contributed by atoms with Gasteiger partial charge in [-0.05, 0) is 18.4 Å². The maximum Gasteiger partial charge on any atom is 0.163 e. The van der Waals surface area contributed by atoms with Crippen molar-refractivity contribution in [3.8, 4) is 11.5 Å². The molecule has 0 aliphatic carbocycles. The van der Waals surface area contributed by atoms with E-state index in [1.165, 1.54) is 10.6 Å². The lowest BCUT2D eigenvalue weighted by Crippen LogP contribution is -2.41. The molecule has 2 aliphatic rings. The summed E-state index contributed by atoms with van der Waals surface area (Å²) in [7, 11) is 0. The van der Waals surface area contributed by atoms with Crippen LogP contribution in [-0.4, -0.2) is 25.8 Å². The average molecular weight is 302 g/mol. The lowest BCUT2D eigenvalue weighted by Gasteiger charge is -2.38. The summed E-state index contributed by atoms with van der Waals surface area (Å²) in [6.45, 7) is 5.38. The smallest absolute Gasteiger partial charge is 0.163 e. The molecule has 0 saturated heterocycles. The van der Waals surface area contributed by atoms with Crippen molar-refractivity contribution in [3.05, 3.63) is 34.5 Å². The van der Waals surface area contributed by atoms with Gasteiger partial charge in [-0.1, -0.05) is 6.07 Å². The summed E-state index contributed by atoms with van der Waals surface area (Å²) in [5.41, 5.74) is 2.33. The molecule has 0 radical (unpaired) electrons. The molecule has 2 aliphatic heterocycles. The van der Waals surface area contributed by atoms with Gasteiger partial charge in [-0.3, -0.25) is 0 Å². The molecule has 4 nitrogen and oxygen atoms in total. The highest BCUT2D eigenvalue weighted by Crippen LogP contribution is 2.42. The van der Waals surface area contributed by atoms with Crippen LogP contribution in [0.3, 0.4) is 0 Å². The maximum absolute atomic E-state index is 5.73. The number of hydrogen-bond donors (Lipinski definition) is 1. The summed E-state index contributed by atoms with van der Waals surface area (Å²) in [5, 5.41) is 5.63. The molecule has 1 N–H and O–H groups in total. The van der Waals surface area contributed by atoms with Gasteiger partial charge in [0.05, 0.1) is 17.9 Å². The van der Waals surface area contributed by atoms with Crippen LogP contribution in [0.5, 0.6) is 11.5 Å². The van der Waals surface area contributed by atoms with E-state index in [1.54, 1.807) is 11.3 Å². The maximum atomic E-state index is 5.73. The summed E-state index contributed by atoms with van der Waals surface area (Å²) in [5.74, 6) is 1.70. The first-order valence-corrected chi connectivity index (χ1v) is 8.16. The first-order chi connectivity index (χ1) is 10.3. The normalized spacial score (nSPS) is 19.9. The Morgan fingerprint density at radius 2 is 2.10 bits per heavy atom. The van der Waals surface area contributed by atoms with E-state index in [-0.39, 0.29) is 0 Å². The molecule has 0 bridgehead atoms. The molecule has 1 aromatic carbocycles. The molecule has 0 amide bonds. The van der Waals surface area contributed by atoms with Crippen molar-refractivity contribution in [2.75, 3.05) is 30.0 Å². The topological polar surface area (TPSA) is 33.7 Å². The number of nitrogens with one attached hydrogen (secondary N) is 1. The van der Waals surface area contributed by atoms with Gasteiger partial charge >= 0.3 is 0 Å². The van der Waals surface area contributed by atoms with Crippen LogP contribution >= 0.6 is 11.3 Å². The second kappa shape index (κ2) is 5.15. The molecule has 110 valence electrons. The second-order valence-electron chi connectivity index (χ2n) is 5.45. The van der Waals surface area contributed by atoms with Crippen molar-refractivity contribution < 1.29 is 9.47 Å². The molecule has 1 unspecified atom stereocenters. The zero-order chi connectivity index (χ0) is 14.2. The largest absolute Gasteiger partial charge is 0.486 e. The third-order valence-electron chi connectivity index (χ3n) is 4.00. The highest BCUT2D eigenvalue weighted by atomic mass is 32.1. The van der Waals surface area contributed by atoms with Gasteiger partial charge in [0.1, 0.15) is 13.2 Å². The van der Waals surface area contributed by atoms with Crippen molar-refractivity contribution in [1.29, 1.82) is 0 Å². The Balaban J connectivity index is 1.72. The molecule has 4 rings (SSSR count). The van der Waals surface area contributed by atoms with Crippen LogP contribution in [0.1, 0.15) is 11.8 Å². The van der Waals surface area contributed by atoms with E-state index in [0.717, 1.165) is 30.3 Å². The Kier molecular flexibility index (Phi) is 3.15.